The van der Waals surface area contributed by atoms with Crippen molar-refractivity contribution in [3.63, 3.8) is 0 Å². The van der Waals surface area contributed by atoms with Crippen LogP contribution in [0.1, 0.15) is 0 Å². The number of hydrogen-bond acceptors (Lipinski definition) is 2. The SMILES string of the molecule is O=CNc1cc(Cl)nc2ccccc12. The van der Waals surface area contributed by atoms with E-state index in [4.69, 9.17) is 11.6 Å². The van der Waals surface area contributed by atoms with Crippen LogP contribution in [0, 0.1) is 0 Å². The highest BCUT2D eigenvalue weighted by atomic mass is 35.5. The number of carbonyl (C=O) groups is 1. The van der Waals surface area contributed by atoms with E-state index in [0.717, 1.165) is 10.9 Å². The van der Waals surface area contributed by atoms with E-state index in [-0.39, 0.29) is 0 Å². The summed E-state index contributed by atoms with van der Waals surface area (Å²) in [6, 6.07) is 9.10. The third kappa shape index (κ3) is 1.54. The van der Waals surface area contributed by atoms with Gasteiger partial charge < -0.3 is 5.32 Å². The first-order chi connectivity index (χ1) is 6.81. The van der Waals surface area contributed by atoms with E-state index in [1.165, 1.54) is 0 Å². The van der Waals surface area contributed by atoms with Crippen LogP contribution in [-0.2, 0) is 4.79 Å². The first kappa shape index (κ1) is 8.97. The van der Waals surface area contributed by atoms with E-state index in [1.807, 2.05) is 24.3 Å². The molecule has 1 aromatic carbocycles. The molecule has 1 N–H and O–H groups in total. The summed E-state index contributed by atoms with van der Waals surface area (Å²) in [5, 5.41) is 3.83. The maximum absolute atomic E-state index is 10.4. The second-order valence-corrected chi connectivity index (χ2v) is 3.16. The lowest BCUT2D eigenvalue weighted by Crippen LogP contribution is -1.95. The topological polar surface area (TPSA) is 42.0 Å². The fourth-order valence-corrected chi connectivity index (χ4v) is 1.53. The molecule has 0 saturated carbocycles. The first-order valence-corrected chi connectivity index (χ1v) is 4.44. The molecule has 3 nitrogen and oxygen atoms in total. The van der Waals surface area contributed by atoms with Crippen LogP contribution in [0.5, 0.6) is 0 Å². The van der Waals surface area contributed by atoms with Crippen LogP contribution >= 0.6 is 11.6 Å². The van der Waals surface area contributed by atoms with Gasteiger partial charge in [-0.1, -0.05) is 29.8 Å². The molecule has 4 heteroatoms. The zero-order chi connectivity index (χ0) is 9.97. The number of nitrogens with zero attached hydrogens (tertiary/aromatic N) is 1. The van der Waals surface area contributed by atoms with Crippen LogP contribution in [0.25, 0.3) is 10.9 Å². The number of hydrogen-bond donors (Lipinski definition) is 1. The summed E-state index contributed by atoms with van der Waals surface area (Å²) in [6.07, 6.45) is 0.623. The fourth-order valence-electron chi connectivity index (χ4n) is 1.33. The Bertz CT molecular complexity index is 485. The van der Waals surface area contributed by atoms with Gasteiger partial charge in [0, 0.05) is 5.39 Å². The molecule has 0 atom stereocenters. The lowest BCUT2D eigenvalue weighted by molar-refractivity contribution is -0.105. The molecule has 0 unspecified atom stereocenters. The number of anilines is 1. The molecule has 0 saturated heterocycles. The molecular weight excluding hydrogens is 200 g/mol. The molecule has 0 bridgehead atoms. The van der Waals surface area contributed by atoms with E-state index < -0.39 is 0 Å². The highest BCUT2D eigenvalue weighted by molar-refractivity contribution is 6.30. The summed E-state index contributed by atoms with van der Waals surface area (Å²) < 4.78 is 0. The van der Waals surface area contributed by atoms with Gasteiger partial charge in [-0.25, -0.2) is 4.98 Å². The maximum Gasteiger partial charge on any atom is 0.211 e. The molecular formula is C10H7ClN2O. The first-order valence-electron chi connectivity index (χ1n) is 4.07. The minimum Gasteiger partial charge on any atom is -0.328 e. The minimum absolute atomic E-state index is 0.369. The number of fused-ring (bicyclic) bond motifs is 1. The molecule has 70 valence electrons. The summed E-state index contributed by atoms with van der Waals surface area (Å²) in [4.78, 5) is 14.5. The van der Waals surface area contributed by atoms with Crippen molar-refractivity contribution in [1.82, 2.24) is 4.98 Å². The third-order valence-electron chi connectivity index (χ3n) is 1.90. The molecule has 0 spiro atoms. The standard InChI is InChI=1S/C10H7ClN2O/c11-10-5-9(12-6-14)7-3-1-2-4-8(7)13-10/h1-6H,(H,12,13,14). The Morgan fingerprint density at radius 2 is 2.14 bits per heavy atom. The molecule has 1 amide bonds. The van der Waals surface area contributed by atoms with Crippen molar-refractivity contribution in [3.05, 3.63) is 35.5 Å². The highest BCUT2D eigenvalue weighted by Crippen LogP contribution is 2.24. The van der Waals surface area contributed by atoms with Crippen molar-refractivity contribution in [2.75, 3.05) is 5.32 Å². The predicted octanol–water partition coefficient (Wildman–Crippen LogP) is 2.46. The van der Waals surface area contributed by atoms with Gasteiger partial charge in [0.05, 0.1) is 11.2 Å². The van der Waals surface area contributed by atoms with Gasteiger partial charge in [-0.3, -0.25) is 4.79 Å². The number of carbonyl (C=O) groups excluding carboxylic acids is 1. The van der Waals surface area contributed by atoms with E-state index in [1.54, 1.807) is 6.07 Å². The Morgan fingerprint density at radius 1 is 1.36 bits per heavy atom. The van der Waals surface area contributed by atoms with E-state index in [0.29, 0.717) is 17.3 Å². The average Bonchev–Trinajstić information content (AvgIpc) is 2.18. The van der Waals surface area contributed by atoms with Crippen LogP contribution in [0.4, 0.5) is 5.69 Å². The zero-order valence-corrected chi connectivity index (χ0v) is 7.95. The molecule has 14 heavy (non-hydrogen) atoms. The van der Waals surface area contributed by atoms with Crippen molar-refractivity contribution < 1.29 is 4.79 Å². The normalized spacial score (nSPS) is 10.1. The van der Waals surface area contributed by atoms with Crippen molar-refractivity contribution in [1.29, 1.82) is 0 Å². The summed E-state index contributed by atoms with van der Waals surface area (Å²) in [5.74, 6) is 0. The summed E-state index contributed by atoms with van der Waals surface area (Å²) >= 11 is 5.79. The second-order valence-electron chi connectivity index (χ2n) is 2.77. The Hall–Kier alpha value is -1.61. The monoisotopic (exact) mass is 206 g/mol. The summed E-state index contributed by atoms with van der Waals surface area (Å²) in [5.41, 5.74) is 1.44. The van der Waals surface area contributed by atoms with Gasteiger partial charge >= 0.3 is 0 Å². The predicted molar refractivity (Wildman–Crippen MR) is 56.4 cm³/mol. The Labute approximate surface area is 85.7 Å². The third-order valence-corrected chi connectivity index (χ3v) is 2.09. The smallest absolute Gasteiger partial charge is 0.211 e. The number of para-hydroxylation sites is 1. The maximum atomic E-state index is 10.4. The molecule has 0 radical (unpaired) electrons. The molecule has 0 aliphatic rings. The van der Waals surface area contributed by atoms with E-state index in [9.17, 15) is 4.79 Å². The molecule has 0 aliphatic carbocycles. The Morgan fingerprint density at radius 3 is 2.93 bits per heavy atom. The number of nitrogens with one attached hydrogen (secondary N) is 1. The van der Waals surface area contributed by atoms with Gasteiger partial charge in [-0.15, -0.1) is 0 Å². The van der Waals surface area contributed by atoms with Crippen LogP contribution in [-0.4, -0.2) is 11.4 Å². The number of benzene rings is 1. The largest absolute Gasteiger partial charge is 0.328 e. The number of pyridine rings is 1. The number of rotatable bonds is 2. The fraction of sp³-hybridized carbons (Fsp3) is 0. The number of aromatic nitrogens is 1. The van der Waals surface area contributed by atoms with E-state index in [2.05, 4.69) is 10.3 Å². The van der Waals surface area contributed by atoms with Gasteiger partial charge in [0.1, 0.15) is 5.15 Å². The second kappa shape index (κ2) is 3.64. The highest BCUT2D eigenvalue weighted by Gasteiger charge is 2.02. The Balaban J connectivity index is 2.73. The molecule has 1 aromatic heterocycles. The Kier molecular flexibility index (Phi) is 2.33. The van der Waals surface area contributed by atoms with Crippen LogP contribution in [0.2, 0.25) is 5.15 Å². The zero-order valence-electron chi connectivity index (χ0n) is 7.20. The lowest BCUT2D eigenvalue weighted by Gasteiger charge is -2.04. The molecule has 2 aromatic rings. The van der Waals surface area contributed by atoms with E-state index >= 15 is 0 Å². The van der Waals surface area contributed by atoms with Gasteiger partial charge in [0.25, 0.3) is 0 Å². The van der Waals surface area contributed by atoms with Crippen molar-refractivity contribution in [3.8, 4) is 0 Å². The lowest BCUT2D eigenvalue weighted by atomic mass is 10.2. The summed E-state index contributed by atoms with van der Waals surface area (Å²) in [6.45, 7) is 0. The van der Waals surface area contributed by atoms with Crippen LogP contribution in [0.15, 0.2) is 30.3 Å². The van der Waals surface area contributed by atoms with Crippen LogP contribution < -0.4 is 5.32 Å². The summed E-state index contributed by atoms with van der Waals surface area (Å²) in [7, 11) is 0. The number of amides is 1. The van der Waals surface area contributed by atoms with Crippen molar-refractivity contribution >= 4 is 34.6 Å². The number of halogens is 1. The molecule has 0 fully saturated rings. The molecule has 2 rings (SSSR count). The minimum atomic E-state index is 0.369. The van der Waals surface area contributed by atoms with Gasteiger partial charge in [-0.05, 0) is 12.1 Å². The molecule has 1 heterocycles. The quantitative estimate of drug-likeness (QED) is 0.606. The van der Waals surface area contributed by atoms with Gasteiger partial charge in [-0.2, -0.15) is 0 Å². The molecule has 0 aliphatic heterocycles. The van der Waals surface area contributed by atoms with Gasteiger partial charge in [0.15, 0.2) is 0 Å². The average molecular weight is 207 g/mol. The van der Waals surface area contributed by atoms with Crippen molar-refractivity contribution in [2.45, 2.75) is 0 Å². The van der Waals surface area contributed by atoms with Gasteiger partial charge in [0.2, 0.25) is 6.41 Å². The van der Waals surface area contributed by atoms with Crippen LogP contribution in [0.3, 0.4) is 0 Å². The van der Waals surface area contributed by atoms with Crippen molar-refractivity contribution in [2.24, 2.45) is 0 Å².